The van der Waals surface area contributed by atoms with E-state index in [0.29, 0.717) is 5.69 Å². The number of hydrogen-bond donors (Lipinski definition) is 3. The molecule has 0 amide bonds. The second kappa shape index (κ2) is 3.21. The molecule has 0 bridgehead atoms. The molecule has 3 nitrogen and oxygen atoms in total. The third kappa shape index (κ3) is 1.95. The maximum Gasteiger partial charge on any atom is 0.190 e. The first-order valence-corrected chi connectivity index (χ1v) is 3.47. The molecule has 0 unspecified atom stereocenters. The summed E-state index contributed by atoms with van der Waals surface area (Å²) in [5, 5.41) is 9.48. The van der Waals surface area contributed by atoms with Crippen LogP contribution in [-0.2, 0) is 0 Å². The lowest BCUT2D eigenvalue weighted by atomic mass is 10.2. The Morgan fingerprint density at radius 1 is 1.58 bits per heavy atom. The maximum absolute atomic E-state index is 12.6. The van der Waals surface area contributed by atoms with Crippen LogP contribution in [0.15, 0.2) is 18.2 Å². The lowest BCUT2D eigenvalue weighted by Gasteiger charge is -2.06. The summed E-state index contributed by atoms with van der Waals surface area (Å²) in [6, 6.07) is 4.29. The quantitative estimate of drug-likeness (QED) is 0.437. The van der Waals surface area contributed by atoms with Crippen LogP contribution in [0.25, 0.3) is 0 Å². The van der Waals surface area contributed by atoms with Crippen molar-refractivity contribution in [3.63, 3.8) is 0 Å². The molecule has 0 aliphatic rings. The average molecular weight is 167 g/mol. The van der Waals surface area contributed by atoms with Crippen LogP contribution in [-0.4, -0.2) is 5.96 Å². The van der Waals surface area contributed by atoms with E-state index in [9.17, 15) is 4.39 Å². The van der Waals surface area contributed by atoms with Gasteiger partial charge in [-0.2, -0.15) is 0 Å². The van der Waals surface area contributed by atoms with Gasteiger partial charge in [0, 0.05) is 5.69 Å². The molecule has 0 saturated carbocycles. The molecule has 4 N–H and O–H groups in total. The van der Waals surface area contributed by atoms with Gasteiger partial charge in [0.2, 0.25) is 0 Å². The topological polar surface area (TPSA) is 61.9 Å². The molecular formula is C8H10FN3. The Morgan fingerprint density at radius 2 is 2.25 bits per heavy atom. The lowest BCUT2D eigenvalue weighted by Crippen LogP contribution is -2.21. The highest BCUT2D eigenvalue weighted by molar-refractivity contribution is 5.90. The minimum absolute atomic E-state index is 0.191. The van der Waals surface area contributed by atoms with E-state index in [4.69, 9.17) is 11.1 Å². The fourth-order valence-corrected chi connectivity index (χ4v) is 0.874. The van der Waals surface area contributed by atoms with Gasteiger partial charge in [0.15, 0.2) is 5.96 Å². The van der Waals surface area contributed by atoms with Gasteiger partial charge < -0.3 is 11.1 Å². The van der Waals surface area contributed by atoms with Crippen molar-refractivity contribution >= 4 is 11.6 Å². The zero-order chi connectivity index (χ0) is 9.14. The van der Waals surface area contributed by atoms with Crippen LogP contribution in [0.5, 0.6) is 0 Å². The van der Waals surface area contributed by atoms with Crippen LogP contribution in [0.4, 0.5) is 10.1 Å². The van der Waals surface area contributed by atoms with Gasteiger partial charge >= 0.3 is 0 Å². The van der Waals surface area contributed by atoms with Gasteiger partial charge in [-0.15, -0.1) is 0 Å². The van der Waals surface area contributed by atoms with Crippen molar-refractivity contribution in [2.24, 2.45) is 5.73 Å². The first-order valence-electron chi connectivity index (χ1n) is 3.47. The molecule has 0 aromatic heterocycles. The van der Waals surface area contributed by atoms with Crippen LogP contribution in [0, 0.1) is 18.2 Å². The molecule has 0 heterocycles. The summed E-state index contributed by atoms with van der Waals surface area (Å²) < 4.78 is 12.6. The summed E-state index contributed by atoms with van der Waals surface area (Å²) in [6.07, 6.45) is 0. The standard InChI is InChI=1S/C8H10FN3/c1-5-2-3-6(9)4-7(5)12-8(10)11/h2-4H,1H3,(H4,10,11,12). The van der Waals surface area contributed by atoms with Gasteiger partial charge in [-0.1, -0.05) is 6.07 Å². The molecule has 64 valence electrons. The van der Waals surface area contributed by atoms with Crippen molar-refractivity contribution < 1.29 is 4.39 Å². The van der Waals surface area contributed by atoms with Crippen LogP contribution in [0.1, 0.15) is 5.56 Å². The van der Waals surface area contributed by atoms with Gasteiger partial charge in [0.1, 0.15) is 5.82 Å². The molecule has 12 heavy (non-hydrogen) atoms. The number of aryl methyl sites for hydroxylation is 1. The number of nitrogens with two attached hydrogens (primary N) is 1. The monoisotopic (exact) mass is 167 g/mol. The number of halogens is 1. The number of nitrogens with one attached hydrogen (secondary N) is 2. The van der Waals surface area contributed by atoms with Crippen molar-refractivity contribution in [3.05, 3.63) is 29.6 Å². The smallest absolute Gasteiger partial charge is 0.190 e. The van der Waals surface area contributed by atoms with E-state index in [-0.39, 0.29) is 11.8 Å². The second-order valence-corrected chi connectivity index (χ2v) is 2.50. The van der Waals surface area contributed by atoms with Crippen molar-refractivity contribution in [3.8, 4) is 0 Å². The normalized spacial score (nSPS) is 9.50. The SMILES string of the molecule is Cc1ccc(F)cc1NC(=N)N. The minimum Gasteiger partial charge on any atom is -0.370 e. The van der Waals surface area contributed by atoms with E-state index in [1.54, 1.807) is 6.07 Å². The predicted molar refractivity (Wildman–Crippen MR) is 46.7 cm³/mol. The Hall–Kier alpha value is -1.58. The molecule has 1 aromatic carbocycles. The maximum atomic E-state index is 12.6. The number of hydrogen-bond acceptors (Lipinski definition) is 1. The summed E-state index contributed by atoms with van der Waals surface area (Å²) in [5.41, 5.74) is 6.48. The average Bonchev–Trinajstić information content (AvgIpc) is 1.96. The van der Waals surface area contributed by atoms with Gasteiger partial charge in [-0.3, -0.25) is 5.41 Å². The van der Waals surface area contributed by atoms with Crippen LogP contribution < -0.4 is 11.1 Å². The number of benzene rings is 1. The Kier molecular flexibility index (Phi) is 2.28. The van der Waals surface area contributed by atoms with Gasteiger partial charge in [-0.05, 0) is 24.6 Å². The number of guanidine groups is 1. The third-order valence-electron chi connectivity index (χ3n) is 1.47. The van der Waals surface area contributed by atoms with Crippen molar-refractivity contribution in [1.29, 1.82) is 5.41 Å². The zero-order valence-corrected chi connectivity index (χ0v) is 6.69. The van der Waals surface area contributed by atoms with E-state index >= 15 is 0 Å². The highest BCUT2D eigenvalue weighted by Crippen LogP contribution is 2.14. The molecule has 0 radical (unpaired) electrons. The lowest BCUT2D eigenvalue weighted by molar-refractivity contribution is 0.628. The molecule has 0 atom stereocenters. The third-order valence-corrected chi connectivity index (χ3v) is 1.47. The molecule has 0 aliphatic heterocycles. The molecule has 0 aliphatic carbocycles. The minimum atomic E-state index is -0.343. The Morgan fingerprint density at radius 3 is 2.83 bits per heavy atom. The summed E-state index contributed by atoms with van der Waals surface area (Å²) in [6.45, 7) is 1.81. The van der Waals surface area contributed by atoms with E-state index in [1.165, 1.54) is 12.1 Å². The predicted octanol–water partition coefficient (Wildman–Crippen LogP) is 1.44. The molecular weight excluding hydrogens is 157 g/mol. The highest BCUT2D eigenvalue weighted by atomic mass is 19.1. The fraction of sp³-hybridized carbons (Fsp3) is 0.125. The fourth-order valence-electron chi connectivity index (χ4n) is 0.874. The molecule has 4 heteroatoms. The van der Waals surface area contributed by atoms with E-state index in [0.717, 1.165) is 5.56 Å². The summed E-state index contributed by atoms with van der Waals surface area (Å²) in [7, 11) is 0. The molecule has 0 fully saturated rings. The van der Waals surface area contributed by atoms with Crippen molar-refractivity contribution in [1.82, 2.24) is 0 Å². The van der Waals surface area contributed by atoms with Crippen LogP contribution >= 0.6 is 0 Å². The van der Waals surface area contributed by atoms with Gasteiger partial charge in [0.25, 0.3) is 0 Å². The molecule has 1 aromatic rings. The van der Waals surface area contributed by atoms with E-state index < -0.39 is 0 Å². The van der Waals surface area contributed by atoms with Crippen molar-refractivity contribution in [2.75, 3.05) is 5.32 Å². The summed E-state index contributed by atoms with van der Waals surface area (Å²) >= 11 is 0. The van der Waals surface area contributed by atoms with Gasteiger partial charge in [0.05, 0.1) is 0 Å². The second-order valence-electron chi connectivity index (χ2n) is 2.50. The summed E-state index contributed by atoms with van der Waals surface area (Å²) in [4.78, 5) is 0. The highest BCUT2D eigenvalue weighted by Gasteiger charge is 1.99. The van der Waals surface area contributed by atoms with E-state index in [2.05, 4.69) is 5.32 Å². The zero-order valence-electron chi connectivity index (χ0n) is 6.69. The Balaban J connectivity index is 2.97. The first kappa shape index (κ1) is 8.52. The summed E-state index contributed by atoms with van der Waals surface area (Å²) in [5.74, 6) is -0.534. The van der Waals surface area contributed by atoms with Crippen molar-refractivity contribution in [2.45, 2.75) is 6.92 Å². The molecule has 1 rings (SSSR count). The largest absolute Gasteiger partial charge is 0.370 e. The van der Waals surface area contributed by atoms with E-state index in [1.807, 2.05) is 6.92 Å². The molecule has 0 saturated heterocycles. The van der Waals surface area contributed by atoms with Crippen LogP contribution in [0.2, 0.25) is 0 Å². The van der Waals surface area contributed by atoms with Crippen LogP contribution in [0.3, 0.4) is 0 Å². The number of rotatable bonds is 1. The first-order chi connectivity index (χ1) is 5.59. The Bertz CT molecular complexity index is 309. The molecule has 0 spiro atoms. The number of anilines is 1. The Labute approximate surface area is 69.9 Å². The van der Waals surface area contributed by atoms with Gasteiger partial charge in [-0.25, -0.2) is 4.39 Å².